The minimum Gasteiger partial charge on any atom is -0.368 e. The Hall–Kier alpha value is -1.85. The van der Waals surface area contributed by atoms with Gasteiger partial charge in [-0.25, -0.2) is 0 Å². The Balaban J connectivity index is 2.97. The zero-order valence-corrected chi connectivity index (χ0v) is 6.51. The average molecular weight is 167 g/mol. The molecule has 0 saturated carbocycles. The first-order valence-corrected chi connectivity index (χ1v) is 3.27. The summed E-state index contributed by atoms with van der Waals surface area (Å²) in [6, 6.07) is 0. The summed E-state index contributed by atoms with van der Waals surface area (Å²) in [6.07, 6.45) is 1.07. The molecule has 6 heteroatoms. The van der Waals surface area contributed by atoms with Crippen LogP contribution in [0.2, 0.25) is 0 Å². The van der Waals surface area contributed by atoms with Crippen LogP contribution in [0, 0.1) is 5.41 Å². The summed E-state index contributed by atoms with van der Waals surface area (Å²) in [7, 11) is 0. The number of amides is 1. The van der Waals surface area contributed by atoms with Gasteiger partial charge in [-0.2, -0.15) is 0 Å². The number of nitrogens with one attached hydrogen (secondary N) is 3. The number of nitrogens with zero attached hydrogens (tertiary/aromatic N) is 1. The summed E-state index contributed by atoms with van der Waals surface area (Å²) in [6.45, 7) is 1.63. The lowest BCUT2D eigenvalue weighted by molar-refractivity contribution is -0.116. The van der Waals surface area contributed by atoms with E-state index in [0.717, 1.165) is 6.21 Å². The molecule has 1 aliphatic heterocycles. The molecule has 1 aliphatic rings. The number of allylic oxidation sites excluding steroid dienone is 1. The maximum Gasteiger partial charge on any atom is 0.276 e. The largest absolute Gasteiger partial charge is 0.368 e. The van der Waals surface area contributed by atoms with E-state index in [9.17, 15) is 4.79 Å². The quantitative estimate of drug-likeness (QED) is 0.293. The fourth-order valence-electron chi connectivity index (χ4n) is 0.713. The molecule has 0 saturated heterocycles. The molecule has 0 aliphatic carbocycles. The smallest absolute Gasteiger partial charge is 0.276 e. The SMILES string of the molecule is C/C(C=N)=C1/NN=C(N)NC1=O. The summed E-state index contributed by atoms with van der Waals surface area (Å²) < 4.78 is 0. The summed E-state index contributed by atoms with van der Waals surface area (Å²) in [5.74, 6) is -0.343. The number of hydrogen-bond acceptors (Lipinski definition) is 5. The van der Waals surface area contributed by atoms with E-state index >= 15 is 0 Å². The molecule has 12 heavy (non-hydrogen) atoms. The van der Waals surface area contributed by atoms with Gasteiger partial charge in [0.15, 0.2) is 0 Å². The van der Waals surface area contributed by atoms with Crippen LogP contribution < -0.4 is 16.5 Å². The number of hydrogen-bond donors (Lipinski definition) is 4. The monoisotopic (exact) mass is 167 g/mol. The van der Waals surface area contributed by atoms with Crippen molar-refractivity contribution < 1.29 is 4.79 Å². The molecular formula is C6H9N5O. The molecule has 0 radical (unpaired) electrons. The number of nitrogens with two attached hydrogens (primary N) is 1. The molecule has 6 nitrogen and oxygen atoms in total. The van der Waals surface area contributed by atoms with Gasteiger partial charge in [-0.05, 0) is 12.5 Å². The van der Waals surface area contributed by atoms with Gasteiger partial charge in [0, 0.05) is 6.21 Å². The lowest BCUT2D eigenvalue weighted by atomic mass is 10.2. The molecule has 0 aromatic rings. The van der Waals surface area contributed by atoms with E-state index in [1.54, 1.807) is 6.92 Å². The van der Waals surface area contributed by atoms with E-state index in [4.69, 9.17) is 11.1 Å². The molecule has 1 heterocycles. The van der Waals surface area contributed by atoms with E-state index < -0.39 is 0 Å². The van der Waals surface area contributed by atoms with Crippen molar-refractivity contribution in [2.24, 2.45) is 10.8 Å². The predicted molar refractivity (Wildman–Crippen MR) is 44.4 cm³/mol. The summed E-state index contributed by atoms with van der Waals surface area (Å²) >= 11 is 0. The summed E-state index contributed by atoms with van der Waals surface area (Å²) in [4.78, 5) is 11.1. The van der Waals surface area contributed by atoms with E-state index in [1.807, 2.05) is 0 Å². The Morgan fingerprint density at radius 2 is 2.42 bits per heavy atom. The molecule has 1 amide bonds. The van der Waals surface area contributed by atoms with E-state index in [1.165, 1.54) is 0 Å². The van der Waals surface area contributed by atoms with Crippen molar-refractivity contribution in [2.45, 2.75) is 6.92 Å². The van der Waals surface area contributed by atoms with Crippen LogP contribution in [0.1, 0.15) is 6.92 Å². The van der Waals surface area contributed by atoms with Crippen molar-refractivity contribution in [3.63, 3.8) is 0 Å². The highest BCUT2D eigenvalue weighted by Crippen LogP contribution is 2.00. The van der Waals surface area contributed by atoms with Crippen molar-refractivity contribution in [1.82, 2.24) is 10.7 Å². The molecule has 0 spiro atoms. The van der Waals surface area contributed by atoms with Crippen LogP contribution in [0.5, 0.6) is 0 Å². The highest BCUT2D eigenvalue weighted by atomic mass is 16.2. The van der Waals surface area contributed by atoms with Crippen LogP contribution in [0.3, 0.4) is 0 Å². The standard InChI is InChI=1S/C6H9N5O/c1-3(2-7)4-5(12)9-6(8)11-10-4/h2,7,10H,1H3,(H3,8,9,11,12)/b4-3-,7-2?. The van der Waals surface area contributed by atoms with Crippen LogP contribution >= 0.6 is 0 Å². The maximum absolute atomic E-state index is 11.1. The van der Waals surface area contributed by atoms with Gasteiger partial charge in [0.25, 0.3) is 5.91 Å². The fourth-order valence-corrected chi connectivity index (χ4v) is 0.713. The molecule has 0 aromatic carbocycles. The van der Waals surface area contributed by atoms with E-state index in [-0.39, 0.29) is 17.6 Å². The second kappa shape index (κ2) is 3.04. The van der Waals surface area contributed by atoms with Crippen molar-refractivity contribution in [3.05, 3.63) is 11.3 Å². The number of carbonyl (C=O) groups excluding carboxylic acids is 1. The first-order valence-electron chi connectivity index (χ1n) is 3.27. The molecular weight excluding hydrogens is 158 g/mol. The predicted octanol–water partition coefficient (Wildman–Crippen LogP) is -1.14. The molecule has 0 bridgehead atoms. The zero-order chi connectivity index (χ0) is 9.14. The zero-order valence-electron chi connectivity index (χ0n) is 6.51. The molecule has 1 rings (SSSR count). The fraction of sp³-hybridized carbons (Fsp3) is 0.167. The van der Waals surface area contributed by atoms with Crippen LogP contribution in [-0.4, -0.2) is 18.1 Å². The Morgan fingerprint density at radius 3 is 2.92 bits per heavy atom. The number of carbonyl (C=O) groups is 1. The van der Waals surface area contributed by atoms with Crippen LogP contribution in [0.25, 0.3) is 0 Å². The first kappa shape index (κ1) is 8.25. The molecule has 0 unspecified atom stereocenters. The van der Waals surface area contributed by atoms with Crippen LogP contribution in [-0.2, 0) is 4.79 Å². The highest BCUT2D eigenvalue weighted by molar-refractivity contribution is 6.08. The van der Waals surface area contributed by atoms with E-state index in [0.29, 0.717) is 5.57 Å². The molecule has 0 fully saturated rings. The highest BCUT2D eigenvalue weighted by Gasteiger charge is 2.16. The Morgan fingerprint density at radius 1 is 1.75 bits per heavy atom. The van der Waals surface area contributed by atoms with Gasteiger partial charge in [0.05, 0.1) is 0 Å². The van der Waals surface area contributed by atoms with Crippen molar-refractivity contribution in [3.8, 4) is 0 Å². The second-order valence-electron chi connectivity index (χ2n) is 2.27. The van der Waals surface area contributed by atoms with Crippen LogP contribution in [0.4, 0.5) is 0 Å². The number of rotatable bonds is 1. The van der Waals surface area contributed by atoms with Crippen molar-refractivity contribution in [2.75, 3.05) is 0 Å². The Bertz CT molecular complexity index is 290. The van der Waals surface area contributed by atoms with Gasteiger partial charge < -0.3 is 11.1 Å². The van der Waals surface area contributed by atoms with Gasteiger partial charge in [-0.15, -0.1) is 5.10 Å². The maximum atomic E-state index is 11.1. The van der Waals surface area contributed by atoms with Gasteiger partial charge in [0.2, 0.25) is 5.96 Å². The third-order valence-corrected chi connectivity index (χ3v) is 1.37. The third kappa shape index (κ3) is 1.42. The van der Waals surface area contributed by atoms with Gasteiger partial charge in [0.1, 0.15) is 5.70 Å². The molecule has 64 valence electrons. The molecule has 5 N–H and O–H groups in total. The average Bonchev–Trinajstić information content (AvgIpc) is 2.03. The van der Waals surface area contributed by atoms with Gasteiger partial charge >= 0.3 is 0 Å². The second-order valence-corrected chi connectivity index (χ2v) is 2.27. The Kier molecular flexibility index (Phi) is 2.09. The normalized spacial score (nSPS) is 20.4. The third-order valence-electron chi connectivity index (χ3n) is 1.37. The molecule has 0 aromatic heterocycles. The summed E-state index contributed by atoms with van der Waals surface area (Å²) in [5, 5.41) is 12.8. The van der Waals surface area contributed by atoms with Crippen molar-refractivity contribution >= 4 is 18.1 Å². The first-order chi connectivity index (χ1) is 5.65. The number of guanidine groups is 1. The van der Waals surface area contributed by atoms with Gasteiger partial charge in [-0.3, -0.25) is 15.5 Å². The summed E-state index contributed by atoms with van der Waals surface area (Å²) in [5.41, 5.74) is 8.41. The minimum absolute atomic E-state index is 0.0292. The van der Waals surface area contributed by atoms with Gasteiger partial charge in [-0.1, -0.05) is 0 Å². The topological polar surface area (TPSA) is 103 Å². The van der Waals surface area contributed by atoms with Crippen LogP contribution in [0.15, 0.2) is 16.4 Å². The number of hydrazone groups is 1. The minimum atomic E-state index is -0.372. The Labute approximate surface area is 69.0 Å². The lowest BCUT2D eigenvalue weighted by Crippen LogP contribution is -2.45. The van der Waals surface area contributed by atoms with Crippen molar-refractivity contribution in [1.29, 1.82) is 5.41 Å². The van der Waals surface area contributed by atoms with E-state index in [2.05, 4.69) is 15.8 Å². The molecule has 0 atom stereocenters. The lowest BCUT2D eigenvalue weighted by Gasteiger charge is -2.14.